The van der Waals surface area contributed by atoms with Crippen molar-refractivity contribution >= 4 is 29.6 Å². The molecule has 2 atom stereocenters. The van der Waals surface area contributed by atoms with Gasteiger partial charge < -0.3 is 42.0 Å². The zero-order valence-electron chi connectivity index (χ0n) is 32.7. The van der Waals surface area contributed by atoms with Crippen molar-refractivity contribution in [2.75, 3.05) is 46.4 Å². The Bertz CT molecular complexity index is 2070. The molecule has 4 aromatic rings. The first kappa shape index (κ1) is 42.8. The number of aliphatic carboxylic acids is 1. The second-order valence-electron chi connectivity index (χ2n) is 13.7. The molecule has 0 aromatic heterocycles. The van der Waals surface area contributed by atoms with E-state index < -0.39 is 54.8 Å². The summed E-state index contributed by atoms with van der Waals surface area (Å²) in [5, 5.41) is 18.7. The molecule has 9 N–H and O–H groups in total. The zero-order valence-corrected chi connectivity index (χ0v) is 32.7. The maximum absolute atomic E-state index is 14.1. The van der Waals surface area contributed by atoms with Crippen LogP contribution < -0.4 is 42.3 Å². The number of carboxylic acids is 1. The van der Waals surface area contributed by atoms with Gasteiger partial charge in [0.25, 0.3) is 11.8 Å². The molecular weight excluding hydrogens is 743 g/mol. The molecule has 1 heterocycles. The van der Waals surface area contributed by atoms with Gasteiger partial charge in [-0.05, 0) is 77.1 Å². The summed E-state index contributed by atoms with van der Waals surface area (Å²) < 4.78 is 12.0. The third-order valence-electron chi connectivity index (χ3n) is 9.57. The quantitative estimate of drug-likeness (QED) is 0.0817. The van der Waals surface area contributed by atoms with Gasteiger partial charge in [0.1, 0.15) is 30.8 Å². The molecule has 2 unspecified atom stereocenters. The van der Waals surface area contributed by atoms with E-state index in [0.29, 0.717) is 39.3 Å². The third kappa shape index (κ3) is 11.0. The first-order chi connectivity index (χ1) is 28.1. The molecule has 4 amide bonds. The number of hydrogen-bond donors (Lipinski definition) is 7. The summed E-state index contributed by atoms with van der Waals surface area (Å²) in [7, 11) is 1.44. The van der Waals surface area contributed by atoms with Crippen molar-refractivity contribution in [3.8, 4) is 33.8 Å². The van der Waals surface area contributed by atoms with Crippen LogP contribution in [0.3, 0.4) is 0 Å². The zero-order chi connectivity index (χ0) is 41.6. The molecule has 4 aromatic carbocycles. The molecule has 0 fully saturated rings. The Morgan fingerprint density at radius 2 is 1.48 bits per heavy atom. The van der Waals surface area contributed by atoms with Crippen LogP contribution in [0.2, 0.25) is 0 Å². The van der Waals surface area contributed by atoms with Crippen LogP contribution >= 0.6 is 0 Å². The van der Waals surface area contributed by atoms with Gasteiger partial charge in [0.15, 0.2) is 6.04 Å². The maximum Gasteiger partial charge on any atom is 0.326 e. The molecule has 0 saturated heterocycles. The Balaban J connectivity index is 1.45. The van der Waals surface area contributed by atoms with Crippen LogP contribution in [0, 0.1) is 0 Å². The van der Waals surface area contributed by atoms with Gasteiger partial charge in [0.2, 0.25) is 11.8 Å². The predicted octanol–water partition coefficient (Wildman–Crippen LogP) is 2.71. The molecule has 1 aliphatic rings. The Morgan fingerprint density at radius 3 is 2.09 bits per heavy atom. The minimum Gasteiger partial charge on any atom is -0.492 e. The standard InChI is InChI=1S/C43H51N7O8/c1-3-4-5-27-6-9-29(10-7-27)30-11-13-31(14-12-30)41(53)48-26-39(52)50(46-2)40-32-15-17-37(58-21-19-45)34(24-32)33-22-28(8-16-36(33)57-20-18-44)23-35(43(55)56)49-38(51)25-47-42(40)54/h6-17,22,24,35,40,46H,3-5,18-21,23,25-26,44-45H2,1-2H3,(H,47,54)(H,48,53)(H,49,51)(H,55,56). The first-order valence-corrected chi connectivity index (χ1v) is 19.3. The van der Waals surface area contributed by atoms with Crippen LogP contribution in [0.25, 0.3) is 22.3 Å². The van der Waals surface area contributed by atoms with E-state index >= 15 is 0 Å². The number of fused-ring (bicyclic) bond motifs is 5. The first-order valence-electron chi connectivity index (χ1n) is 19.3. The smallest absolute Gasteiger partial charge is 0.326 e. The van der Waals surface area contributed by atoms with E-state index in [1.165, 1.54) is 12.6 Å². The number of ether oxygens (including phenoxy) is 2. The van der Waals surface area contributed by atoms with Crippen LogP contribution in [0.4, 0.5) is 0 Å². The van der Waals surface area contributed by atoms with Crippen molar-refractivity contribution in [3.63, 3.8) is 0 Å². The number of nitrogens with two attached hydrogens (primary N) is 2. The van der Waals surface area contributed by atoms with Crippen molar-refractivity contribution < 1.29 is 38.6 Å². The SMILES string of the molecule is CCCCc1ccc(-c2ccc(C(=O)NCC(=O)N(NC)C3C(=O)NCC(=O)NC(C(=O)O)Cc4ccc(OCCN)c(c4)-c4cc3ccc4OCCN)cc2)cc1. The van der Waals surface area contributed by atoms with Crippen molar-refractivity contribution in [2.45, 2.75) is 44.7 Å². The Morgan fingerprint density at radius 1 is 0.862 bits per heavy atom. The van der Waals surface area contributed by atoms with Gasteiger partial charge in [-0.15, -0.1) is 0 Å². The molecule has 58 heavy (non-hydrogen) atoms. The second kappa shape index (κ2) is 20.8. The number of nitrogens with zero attached hydrogens (tertiary/aromatic N) is 1. The number of benzene rings is 4. The van der Waals surface area contributed by atoms with Gasteiger partial charge in [0, 0.05) is 43.2 Å². The van der Waals surface area contributed by atoms with E-state index in [1.54, 1.807) is 48.5 Å². The highest BCUT2D eigenvalue weighted by molar-refractivity contribution is 5.98. The molecular formula is C43H51N7O8. The highest BCUT2D eigenvalue weighted by atomic mass is 16.5. The molecule has 0 spiro atoms. The van der Waals surface area contributed by atoms with E-state index in [0.717, 1.165) is 35.4 Å². The van der Waals surface area contributed by atoms with Gasteiger partial charge >= 0.3 is 5.97 Å². The maximum atomic E-state index is 14.1. The van der Waals surface area contributed by atoms with Crippen LogP contribution in [0.15, 0.2) is 84.9 Å². The number of hydrogen-bond acceptors (Lipinski definition) is 10. The molecule has 5 rings (SSSR count). The molecule has 0 aliphatic carbocycles. The highest BCUT2D eigenvalue weighted by Gasteiger charge is 2.33. The molecule has 1 aliphatic heterocycles. The predicted molar refractivity (Wildman–Crippen MR) is 219 cm³/mol. The summed E-state index contributed by atoms with van der Waals surface area (Å²) in [6.45, 7) is 1.81. The van der Waals surface area contributed by atoms with Crippen LogP contribution in [0.1, 0.15) is 52.9 Å². The van der Waals surface area contributed by atoms with Gasteiger partial charge in [-0.2, -0.15) is 0 Å². The summed E-state index contributed by atoms with van der Waals surface area (Å²) in [6.07, 6.45) is 3.20. The van der Waals surface area contributed by atoms with Crippen molar-refractivity contribution in [2.24, 2.45) is 11.5 Å². The lowest BCUT2D eigenvalue weighted by Crippen LogP contribution is -2.53. The number of unbranched alkanes of at least 4 members (excludes halogenated alkanes) is 1. The number of aryl methyl sites for hydroxylation is 1. The van der Waals surface area contributed by atoms with E-state index in [-0.39, 0.29) is 32.7 Å². The fraction of sp³-hybridized carbons (Fsp3) is 0.326. The topological polar surface area (TPSA) is 227 Å². The van der Waals surface area contributed by atoms with Crippen molar-refractivity contribution in [1.82, 2.24) is 26.4 Å². The number of amides is 4. The average molecular weight is 794 g/mol. The van der Waals surface area contributed by atoms with E-state index in [9.17, 15) is 29.1 Å². The summed E-state index contributed by atoms with van der Waals surface area (Å²) >= 11 is 0. The van der Waals surface area contributed by atoms with Crippen molar-refractivity contribution in [3.05, 3.63) is 107 Å². The Kier molecular flexibility index (Phi) is 15.3. The summed E-state index contributed by atoms with van der Waals surface area (Å²) in [5.41, 5.74) is 19.7. The minimum absolute atomic E-state index is 0.0780. The summed E-state index contributed by atoms with van der Waals surface area (Å²) in [6, 6.07) is 22.6. The number of carbonyl (C=O) groups excluding carboxylic acids is 4. The summed E-state index contributed by atoms with van der Waals surface area (Å²) in [5.74, 6) is -3.20. The third-order valence-corrected chi connectivity index (χ3v) is 9.57. The number of hydrazine groups is 1. The fourth-order valence-electron chi connectivity index (χ4n) is 6.59. The van der Waals surface area contributed by atoms with E-state index in [2.05, 4.69) is 52.6 Å². The minimum atomic E-state index is -1.40. The average Bonchev–Trinajstić information content (AvgIpc) is 3.24. The highest BCUT2D eigenvalue weighted by Crippen LogP contribution is 2.40. The van der Waals surface area contributed by atoms with Gasteiger partial charge in [-0.25, -0.2) is 10.2 Å². The van der Waals surface area contributed by atoms with Gasteiger partial charge in [-0.1, -0.05) is 61.9 Å². The molecule has 4 bridgehead atoms. The number of nitrogens with one attached hydrogen (secondary N) is 4. The fourth-order valence-corrected chi connectivity index (χ4v) is 6.59. The van der Waals surface area contributed by atoms with Crippen molar-refractivity contribution in [1.29, 1.82) is 0 Å². The lowest BCUT2D eigenvalue weighted by molar-refractivity contribution is -0.144. The second-order valence-corrected chi connectivity index (χ2v) is 13.7. The normalized spacial score (nSPS) is 15.3. The number of rotatable bonds is 16. The van der Waals surface area contributed by atoms with Gasteiger partial charge in [-0.3, -0.25) is 24.2 Å². The van der Waals surface area contributed by atoms with Gasteiger partial charge in [0.05, 0.1) is 13.1 Å². The largest absolute Gasteiger partial charge is 0.492 e. The van der Waals surface area contributed by atoms with E-state index in [1.807, 2.05) is 12.1 Å². The molecule has 306 valence electrons. The molecule has 15 heteroatoms. The molecule has 15 nitrogen and oxygen atoms in total. The van der Waals surface area contributed by atoms with E-state index in [4.69, 9.17) is 20.9 Å². The summed E-state index contributed by atoms with van der Waals surface area (Å²) in [4.78, 5) is 66.5. The number of carbonyl (C=O) groups is 5. The molecule has 0 saturated carbocycles. The Labute approximate surface area is 337 Å². The monoisotopic (exact) mass is 793 g/mol. The Hall–Kier alpha value is -6.29. The lowest BCUT2D eigenvalue weighted by Gasteiger charge is -2.31. The number of carboxylic acid groups (broad SMARTS) is 1. The lowest BCUT2D eigenvalue weighted by atomic mass is 9.94. The molecule has 0 radical (unpaired) electrons. The van der Waals surface area contributed by atoms with Crippen LogP contribution in [0.5, 0.6) is 11.5 Å². The van der Waals surface area contributed by atoms with Crippen LogP contribution in [-0.4, -0.2) is 92.2 Å². The van der Waals surface area contributed by atoms with Crippen LogP contribution in [-0.2, 0) is 32.0 Å².